The molecule has 2 heterocycles. The topological polar surface area (TPSA) is 126 Å². The first kappa shape index (κ1) is 24.4. The third kappa shape index (κ3) is 6.40. The zero-order valence-corrected chi connectivity index (χ0v) is 18.4. The highest BCUT2D eigenvalue weighted by Gasteiger charge is 2.25. The number of amides is 2. The number of nitrogens with two attached hydrogens (primary N) is 1. The van der Waals surface area contributed by atoms with Crippen LogP contribution in [0.4, 0.5) is 8.78 Å². The van der Waals surface area contributed by atoms with Crippen LogP contribution in [0.1, 0.15) is 29.6 Å². The molecule has 176 valence electrons. The number of primary amides is 1. The third-order valence-corrected chi connectivity index (χ3v) is 5.49. The van der Waals surface area contributed by atoms with E-state index in [1.807, 2.05) is 0 Å². The van der Waals surface area contributed by atoms with E-state index in [0.717, 1.165) is 12.8 Å². The average molecular weight is 481 g/mol. The lowest BCUT2D eigenvalue weighted by atomic mass is 10.0. The number of nitrogens with zero attached hydrogens (tertiary/aromatic N) is 4. The summed E-state index contributed by atoms with van der Waals surface area (Å²) in [5.41, 5.74) is 5.46. The Bertz CT molecular complexity index is 1050. The van der Waals surface area contributed by atoms with Crippen molar-refractivity contribution in [1.29, 1.82) is 5.26 Å². The summed E-state index contributed by atoms with van der Waals surface area (Å²) < 4.78 is 31.4. The van der Waals surface area contributed by atoms with Gasteiger partial charge in [-0.15, -0.1) is 0 Å². The minimum Gasteiger partial charge on any atom is -0.434 e. The SMILES string of the molecule is N#CCCNC1CCN(C(=O)Cn2cc(C(N)=O)c(-c3cc(Cl)ccc3OC(F)F)n2)CC1. The van der Waals surface area contributed by atoms with Gasteiger partial charge in [-0.25, -0.2) is 0 Å². The normalized spacial score (nSPS) is 14.3. The van der Waals surface area contributed by atoms with Crippen molar-refractivity contribution in [3.63, 3.8) is 0 Å². The fourth-order valence-electron chi connectivity index (χ4n) is 3.67. The first-order valence-corrected chi connectivity index (χ1v) is 10.7. The number of piperidine rings is 1. The van der Waals surface area contributed by atoms with Crippen LogP contribution < -0.4 is 15.8 Å². The van der Waals surface area contributed by atoms with Gasteiger partial charge in [-0.3, -0.25) is 14.3 Å². The molecule has 1 fully saturated rings. The second-order valence-corrected chi connectivity index (χ2v) is 7.93. The lowest BCUT2D eigenvalue weighted by molar-refractivity contribution is -0.133. The number of carbonyl (C=O) groups is 2. The molecule has 33 heavy (non-hydrogen) atoms. The van der Waals surface area contributed by atoms with Crippen molar-refractivity contribution in [2.24, 2.45) is 5.73 Å². The quantitative estimate of drug-likeness (QED) is 0.531. The second-order valence-electron chi connectivity index (χ2n) is 7.49. The van der Waals surface area contributed by atoms with Crippen molar-refractivity contribution in [3.05, 3.63) is 35.0 Å². The number of ether oxygens (including phenoxy) is 1. The van der Waals surface area contributed by atoms with Crippen LogP contribution in [0.15, 0.2) is 24.4 Å². The van der Waals surface area contributed by atoms with Gasteiger partial charge in [0.15, 0.2) is 0 Å². The van der Waals surface area contributed by atoms with Gasteiger partial charge in [-0.2, -0.15) is 19.1 Å². The highest BCUT2D eigenvalue weighted by molar-refractivity contribution is 6.31. The van der Waals surface area contributed by atoms with Crippen molar-refractivity contribution in [3.8, 4) is 23.1 Å². The Kier molecular flexibility index (Phi) is 8.19. The fourth-order valence-corrected chi connectivity index (χ4v) is 3.84. The van der Waals surface area contributed by atoms with Crippen molar-refractivity contribution in [2.45, 2.75) is 38.5 Å². The molecule has 3 N–H and O–H groups in total. The van der Waals surface area contributed by atoms with Crippen LogP contribution in [0, 0.1) is 11.3 Å². The van der Waals surface area contributed by atoms with Crippen molar-refractivity contribution >= 4 is 23.4 Å². The maximum atomic E-state index is 12.8. The highest BCUT2D eigenvalue weighted by Crippen LogP contribution is 2.34. The van der Waals surface area contributed by atoms with Gasteiger partial charge in [0, 0.05) is 48.9 Å². The number of aromatic nitrogens is 2. The summed E-state index contributed by atoms with van der Waals surface area (Å²) in [5, 5.41) is 16.4. The van der Waals surface area contributed by atoms with Crippen LogP contribution in [0.5, 0.6) is 5.75 Å². The molecule has 1 aromatic heterocycles. The Hall–Kier alpha value is -3.23. The predicted octanol–water partition coefficient (Wildman–Crippen LogP) is 2.40. The zero-order valence-electron chi connectivity index (χ0n) is 17.6. The average Bonchev–Trinajstić information content (AvgIpc) is 3.19. The molecular weight excluding hydrogens is 458 g/mol. The largest absolute Gasteiger partial charge is 0.434 e. The van der Waals surface area contributed by atoms with E-state index in [9.17, 15) is 18.4 Å². The molecule has 1 saturated heterocycles. The molecule has 9 nitrogen and oxygen atoms in total. The standard InChI is InChI=1S/C21H23ClF2N6O3/c22-13-2-3-17(33-21(23)24)15(10-13)19-16(20(26)32)11-30(28-19)12-18(31)29-8-4-14(5-9-29)27-7-1-6-25/h2-3,10-11,14,21,27H,1,4-5,7-9,12H2,(H2,26,32). The maximum Gasteiger partial charge on any atom is 0.387 e. The number of carbonyl (C=O) groups excluding carboxylic acids is 2. The molecule has 3 rings (SSSR count). The van der Waals surface area contributed by atoms with Crippen LogP contribution in [0.2, 0.25) is 5.02 Å². The molecule has 2 amide bonds. The maximum absolute atomic E-state index is 12.8. The molecule has 2 aromatic rings. The first-order chi connectivity index (χ1) is 15.8. The molecule has 0 atom stereocenters. The van der Waals surface area contributed by atoms with Crippen LogP contribution in [0.3, 0.4) is 0 Å². The van der Waals surface area contributed by atoms with Crippen LogP contribution >= 0.6 is 11.6 Å². The van der Waals surface area contributed by atoms with E-state index in [1.54, 1.807) is 4.90 Å². The van der Waals surface area contributed by atoms with Crippen molar-refractivity contribution in [1.82, 2.24) is 20.0 Å². The van der Waals surface area contributed by atoms with Gasteiger partial charge in [0.25, 0.3) is 5.91 Å². The summed E-state index contributed by atoms with van der Waals surface area (Å²) in [6, 6.07) is 6.28. The molecule has 0 saturated carbocycles. The van der Waals surface area contributed by atoms with Gasteiger partial charge in [-0.1, -0.05) is 11.6 Å². The lowest BCUT2D eigenvalue weighted by Gasteiger charge is -2.32. The summed E-state index contributed by atoms with van der Waals surface area (Å²) in [7, 11) is 0. The number of rotatable bonds is 9. The summed E-state index contributed by atoms with van der Waals surface area (Å²) in [5.74, 6) is -1.26. The van der Waals surface area contributed by atoms with E-state index in [4.69, 9.17) is 22.6 Å². The Morgan fingerprint density at radius 3 is 2.73 bits per heavy atom. The van der Waals surface area contributed by atoms with E-state index in [-0.39, 0.29) is 46.1 Å². The van der Waals surface area contributed by atoms with Crippen LogP contribution in [-0.4, -0.2) is 58.8 Å². The first-order valence-electron chi connectivity index (χ1n) is 10.3. The smallest absolute Gasteiger partial charge is 0.387 e. The van der Waals surface area contributed by atoms with Crippen LogP contribution in [-0.2, 0) is 11.3 Å². The fraction of sp³-hybridized carbons (Fsp3) is 0.429. The van der Waals surface area contributed by atoms with Gasteiger partial charge in [-0.05, 0) is 31.0 Å². The van der Waals surface area contributed by atoms with Gasteiger partial charge in [0.2, 0.25) is 5.91 Å². The van der Waals surface area contributed by atoms with Gasteiger partial charge < -0.3 is 20.7 Å². The Morgan fingerprint density at radius 2 is 2.09 bits per heavy atom. The summed E-state index contributed by atoms with van der Waals surface area (Å²) >= 11 is 6.00. The molecule has 1 aliphatic heterocycles. The monoisotopic (exact) mass is 480 g/mol. The Balaban J connectivity index is 1.75. The highest BCUT2D eigenvalue weighted by atomic mass is 35.5. The van der Waals surface area contributed by atoms with E-state index in [2.05, 4.69) is 21.2 Å². The van der Waals surface area contributed by atoms with Gasteiger partial charge in [0.05, 0.1) is 11.6 Å². The van der Waals surface area contributed by atoms with Crippen LogP contribution in [0.25, 0.3) is 11.3 Å². The molecule has 0 unspecified atom stereocenters. The third-order valence-electron chi connectivity index (χ3n) is 5.25. The van der Waals surface area contributed by atoms with Gasteiger partial charge >= 0.3 is 6.61 Å². The molecule has 1 aliphatic rings. The minimum absolute atomic E-state index is 0.00569. The number of benzene rings is 1. The molecular formula is C21H23ClF2N6O3. The predicted molar refractivity (Wildman–Crippen MR) is 116 cm³/mol. The van der Waals surface area contributed by atoms with Gasteiger partial charge in [0.1, 0.15) is 18.0 Å². The number of hydrogen-bond acceptors (Lipinski definition) is 6. The number of alkyl halides is 2. The van der Waals surface area contributed by atoms with E-state index in [1.165, 1.54) is 29.1 Å². The van der Waals surface area contributed by atoms with Crippen molar-refractivity contribution < 1.29 is 23.1 Å². The molecule has 0 bridgehead atoms. The molecule has 1 aromatic carbocycles. The zero-order chi connectivity index (χ0) is 24.0. The number of likely N-dealkylation sites (tertiary alicyclic amines) is 1. The second kappa shape index (κ2) is 11.1. The Morgan fingerprint density at radius 1 is 1.36 bits per heavy atom. The number of nitrogens with one attached hydrogen (secondary N) is 1. The summed E-state index contributed by atoms with van der Waals surface area (Å²) in [6.45, 7) is -1.55. The van der Waals surface area contributed by atoms with E-state index in [0.29, 0.717) is 26.1 Å². The number of halogens is 3. The number of hydrogen-bond donors (Lipinski definition) is 2. The summed E-state index contributed by atoms with van der Waals surface area (Å²) in [4.78, 5) is 26.4. The van der Waals surface area contributed by atoms with E-state index < -0.39 is 12.5 Å². The van der Waals surface area contributed by atoms with Crippen molar-refractivity contribution in [2.75, 3.05) is 19.6 Å². The molecule has 0 aliphatic carbocycles. The molecule has 0 radical (unpaired) electrons. The van der Waals surface area contributed by atoms with E-state index >= 15 is 0 Å². The lowest BCUT2D eigenvalue weighted by Crippen LogP contribution is -2.46. The molecule has 12 heteroatoms. The number of nitriles is 1. The summed E-state index contributed by atoms with van der Waals surface area (Å²) in [6.07, 6.45) is 3.24. The Labute approximate surface area is 194 Å². The molecule has 0 spiro atoms. The minimum atomic E-state index is -3.09.